The van der Waals surface area contributed by atoms with Crippen LogP contribution in [0.25, 0.3) is 0 Å². The highest BCUT2D eigenvalue weighted by Gasteiger charge is 2.17. The number of carbonyl (C=O) groups is 2. The molecule has 6 nitrogen and oxygen atoms in total. The lowest BCUT2D eigenvalue weighted by Gasteiger charge is -2.13. The minimum atomic E-state index is -0.716. The molecule has 1 aromatic heterocycles. The van der Waals surface area contributed by atoms with E-state index in [9.17, 15) is 9.59 Å². The predicted octanol–water partition coefficient (Wildman–Crippen LogP) is 3.01. The van der Waals surface area contributed by atoms with E-state index in [1.165, 1.54) is 11.3 Å². The number of nitrogens with one attached hydrogen (secondary N) is 2. The third kappa shape index (κ3) is 5.30. The molecule has 2 aromatic rings. The summed E-state index contributed by atoms with van der Waals surface area (Å²) in [6.45, 7) is 1.74. The molecule has 0 saturated heterocycles. The molecule has 2 N–H and O–H groups in total. The number of rotatable bonds is 6. The maximum atomic E-state index is 12.0. The van der Waals surface area contributed by atoms with Gasteiger partial charge in [-0.05, 0) is 12.5 Å². The van der Waals surface area contributed by atoms with Crippen molar-refractivity contribution in [3.8, 4) is 5.75 Å². The molecule has 122 valence electrons. The minimum Gasteiger partial charge on any atom is -0.496 e. The standard InChI is InChI=1S/C16H18N2O4S/c1-11(15(19)18-14-8-13(21-2)10-23-14)17-16(20)22-9-12-6-4-3-5-7-12/h3-8,10-11H,9H2,1-2H3,(H,17,20)(H,18,19)/t11-/m0/s1. The molecule has 23 heavy (non-hydrogen) atoms. The lowest BCUT2D eigenvalue weighted by molar-refractivity contribution is -0.117. The second-order valence-electron chi connectivity index (χ2n) is 4.77. The van der Waals surface area contributed by atoms with Gasteiger partial charge in [0.2, 0.25) is 5.91 Å². The van der Waals surface area contributed by atoms with Crippen LogP contribution in [0, 0.1) is 0 Å². The van der Waals surface area contributed by atoms with Crippen molar-refractivity contribution < 1.29 is 19.1 Å². The maximum absolute atomic E-state index is 12.0. The smallest absolute Gasteiger partial charge is 0.408 e. The summed E-state index contributed by atoms with van der Waals surface area (Å²) in [5.41, 5.74) is 0.880. The summed E-state index contributed by atoms with van der Waals surface area (Å²) < 4.78 is 10.1. The highest BCUT2D eigenvalue weighted by atomic mass is 32.1. The van der Waals surface area contributed by atoms with Gasteiger partial charge in [0.25, 0.3) is 0 Å². The van der Waals surface area contributed by atoms with E-state index in [2.05, 4.69) is 10.6 Å². The zero-order valence-corrected chi connectivity index (χ0v) is 13.7. The Hall–Kier alpha value is -2.54. The molecular weight excluding hydrogens is 316 g/mol. The zero-order chi connectivity index (χ0) is 16.7. The first-order valence-corrected chi connectivity index (χ1v) is 7.87. The van der Waals surface area contributed by atoms with Crippen LogP contribution in [-0.4, -0.2) is 25.2 Å². The van der Waals surface area contributed by atoms with Gasteiger partial charge in [-0.3, -0.25) is 4.79 Å². The number of carbonyl (C=O) groups excluding carboxylic acids is 2. The largest absolute Gasteiger partial charge is 0.496 e. The molecular formula is C16H18N2O4S. The van der Waals surface area contributed by atoms with Gasteiger partial charge in [0.15, 0.2) is 0 Å². The summed E-state index contributed by atoms with van der Waals surface area (Å²) in [5.74, 6) is 0.347. The number of hydrogen-bond donors (Lipinski definition) is 2. The molecule has 0 unspecified atom stereocenters. The Morgan fingerprint density at radius 2 is 2.00 bits per heavy atom. The average molecular weight is 334 g/mol. The van der Waals surface area contributed by atoms with Crippen molar-refractivity contribution in [1.29, 1.82) is 0 Å². The molecule has 0 aliphatic carbocycles. The van der Waals surface area contributed by atoms with Gasteiger partial charge in [0, 0.05) is 11.4 Å². The molecule has 2 amide bonds. The lowest BCUT2D eigenvalue weighted by Crippen LogP contribution is -2.41. The highest BCUT2D eigenvalue weighted by molar-refractivity contribution is 7.14. The Bertz CT molecular complexity index is 657. The molecule has 0 spiro atoms. The van der Waals surface area contributed by atoms with E-state index >= 15 is 0 Å². The van der Waals surface area contributed by atoms with Crippen molar-refractivity contribution in [2.75, 3.05) is 12.4 Å². The molecule has 7 heteroatoms. The molecule has 1 atom stereocenters. The molecule has 0 saturated carbocycles. The number of anilines is 1. The van der Waals surface area contributed by atoms with Crippen molar-refractivity contribution in [2.45, 2.75) is 19.6 Å². The van der Waals surface area contributed by atoms with Crippen molar-refractivity contribution >= 4 is 28.3 Å². The van der Waals surface area contributed by atoms with E-state index in [1.54, 1.807) is 25.5 Å². The lowest BCUT2D eigenvalue weighted by atomic mass is 10.2. The van der Waals surface area contributed by atoms with Crippen LogP contribution in [0.3, 0.4) is 0 Å². The first kappa shape index (κ1) is 16.8. The number of ether oxygens (including phenoxy) is 2. The third-order valence-corrected chi connectivity index (χ3v) is 3.82. The van der Waals surface area contributed by atoms with Gasteiger partial charge in [-0.25, -0.2) is 4.79 Å². The van der Waals surface area contributed by atoms with Gasteiger partial charge in [0.05, 0.1) is 12.1 Å². The second kappa shape index (κ2) is 8.19. The first-order chi connectivity index (χ1) is 11.1. The van der Waals surface area contributed by atoms with Crippen molar-refractivity contribution in [2.24, 2.45) is 0 Å². The van der Waals surface area contributed by atoms with Gasteiger partial charge in [-0.15, -0.1) is 11.3 Å². The van der Waals surface area contributed by atoms with Gasteiger partial charge >= 0.3 is 6.09 Å². The fourth-order valence-corrected chi connectivity index (χ4v) is 2.48. The topological polar surface area (TPSA) is 76.7 Å². The average Bonchev–Trinajstić information content (AvgIpc) is 3.01. The van der Waals surface area contributed by atoms with Gasteiger partial charge in [-0.1, -0.05) is 30.3 Å². The molecule has 0 bridgehead atoms. The summed E-state index contributed by atoms with van der Waals surface area (Å²) in [4.78, 5) is 23.7. The fourth-order valence-electron chi connectivity index (χ4n) is 1.73. The monoisotopic (exact) mass is 334 g/mol. The van der Waals surface area contributed by atoms with Crippen LogP contribution in [0.15, 0.2) is 41.8 Å². The Kier molecular flexibility index (Phi) is 5.99. The third-order valence-electron chi connectivity index (χ3n) is 3.00. The number of hydrogen-bond acceptors (Lipinski definition) is 5. The van der Waals surface area contributed by atoms with Crippen LogP contribution in [0.2, 0.25) is 0 Å². The minimum absolute atomic E-state index is 0.156. The molecule has 0 aliphatic rings. The molecule has 1 aromatic carbocycles. The number of alkyl carbamates (subject to hydrolysis) is 1. The SMILES string of the molecule is COc1csc(NC(=O)[C@H](C)NC(=O)OCc2ccccc2)c1. The van der Waals surface area contributed by atoms with E-state index in [4.69, 9.17) is 9.47 Å². The first-order valence-electron chi connectivity index (χ1n) is 6.99. The maximum Gasteiger partial charge on any atom is 0.408 e. The molecule has 0 fully saturated rings. The van der Waals surface area contributed by atoms with E-state index in [1.807, 2.05) is 30.3 Å². The summed E-state index contributed by atoms with van der Waals surface area (Å²) in [6, 6.07) is 10.3. The van der Waals surface area contributed by atoms with Crippen LogP contribution >= 0.6 is 11.3 Å². The Morgan fingerprint density at radius 3 is 2.65 bits per heavy atom. The number of amides is 2. The number of benzene rings is 1. The van der Waals surface area contributed by atoms with Crippen LogP contribution < -0.4 is 15.4 Å². The molecule has 1 heterocycles. The van der Waals surface area contributed by atoms with Gasteiger partial charge in [0.1, 0.15) is 18.4 Å². The molecule has 0 radical (unpaired) electrons. The Balaban J connectivity index is 1.77. The fraction of sp³-hybridized carbons (Fsp3) is 0.250. The molecule has 0 aliphatic heterocycles. The highest BCUT2D eigenvalue weighted by Crippen LogP contribution is 2.25. The summed E-state index contributed by atoms with van der Waals surface area (Å²) >= 11 is 1.35. The van der Waals surface area contributed by atoms with Crippen molar-refractivity contribution in [1.82, 2.24) is 5.32 Å². The molecule has 2 rings (SSSR count). The summed E-state index contributed by atoms with van der Waals surface area (Å²) in [5, 5.41) is 7.63. The second-order valence-corrected chi connectivity index (χ2v) is 5.68. The van der Waals surface area contributed by atoms with Crippen molar-refractivity contribution in [3.63, 3.8) is 0 Å². The zero-order valence-electron chi connectivity index (χ0n) is 12.9. The Morgan fingerprint density at radius 1 is 1.26 bits per heavy atom. The van der Waals surface area contributed by atoms with E-state index < -0.39 is 12.1 Å². The van der Waals surface area contributed by atoms with Crippen LogP contribution in [0.4, 0.5) is 9.80 Å². The number of thiophene rings is 1. The van der Waals surface area contributed by atoms with E-state index in [-0.39, 0.29) is 12.5 Å². The van der Waals surface area contributed by atoms with Gasteiger partial charge < -0.3 is 20.1 Å². The Labute approximate surface area is 138 Å². The van der Waals surface area contributed by atoms with Gasteiger partial charge in [-0.2, -0.15) is 0 Å². The predicted molar refractivity (Wildman–Crippen MR) is 88.7 cm³/mol. The number of methoxy groups -OCH3 is 1. The van der Waals surface area contributed by atoms with E-state index in [0.29, 0.717) is 10.8 Å². The summed E-state index contributed by atoms with van der Waals surface area (Å²) in [7, 11) is 1.56. The normalized spacial score (nSPS) is 11.4. The van der Waals surface area contributed by atoms with E-state index in [0.717, 1.165) is 5.56 Å². The van der Waals surface area contributed by atoms with Crippen LogP contribution in [0.5, 0.6) is 5.75 Å². The quantitative estimate of drug-likeness (QED) is 0.851. The van der Waals surface area contributed by atoms with Crippen LogP contribution in [0.1, 0.15) is 12.5 Å². The van der Waals surface area contributed by atoms with Crippen LogP contribution in [-0.2, 0) is 16.1 Å². The van der Waals surface area contributed by atoms with Crippen molar-refractivity contribution in [3.05, 3.63) is 47.3 Å². The summed E-state index contributed by atoms with van der Waals surface area (Å²) in [6.07, 6.45) is -0.639.